The van der Waals surface area contributed by atoms with Crippen molar-refractivity contribution < 1.29 is 14.6 Å². The molecule has 1 aliphatic heterocycles. The highest BCUT2D eigenvalue weighted by atomic mass is 16.5. The lowest BCUT2D eigenvalue weighted by atomic mass is 9.97. The third-order valence-electron chi connectivity index (χ3n) is 3.79. The molecule has 5 nitrogen and oxygen atoms in total. The van der Waals surface area contributed by atoms with Crippen molar-refractivity contribution in [2.24, 2.45) is 5.92 Å². The number of carbonyl (C=O) groups is 1. The number of aromatic nitrogens is 1. The van der Waals surface area contributed by atoms with Crippen LogP contribution in [0.2, 0.25) is 0 Å². The van der Waals surface area contributed by atoms with E-state index in [1.54, 1.807) is 18.3 Å². The quantitative estimate of drug-likeness (QED) is 0.899. The molecule has 1 aromatic heterocycles. The highest BCUT2D eigenvalue weighted by Gasteiger charge is 2.24. The molecule has 1 saturated heterocycles. The maximum absolute atomic E-state index is 12.4. The number of ether oxygens (including phenoxy) is 1. The van der Waals surface area contributed by atoms with Gasteiger partial charge < -0.3 is 14.7 Å². The number of aliphatic hydroxyl groups is 1. The zero-order chi connectivity index (χ0) is 15.2. The number of amides is 1. The lowest BCUT2D eigenvalue weighted by molar-refractivity contribution is 0.0285. The van der Waals surface area contributed by atoms with Crippen LogP contribution in [0.5, 0.6) is 0 Å². The van der Waals surface area contributed by atoms with Crippen LogP contribution in [-0.2, 0) is 11.3 Å². The van der Waals surface area contributed by atoms with Crippen LogP contribution < -0.4 is 0 Å². The maximum Gasteiger partial charge on any atom is 0.272 e. The van der Waals surface area contributed by atoms with Gasteiger partial charge >= 0.3 is 0 Å². The molecule has 2 heterocycles. The van der Waals surface area contributed by atoms with Gasteiger partial charge in [0.1, 0.15) is 5.69 Å². The Balaban J connectivity index is 1.88. The predicted molar refractivity (Wildman–Crippen MR) is 79.9 cm³/mol. The molecule has 1 aliphatic rings. The predicted octanol–water partition coefficient (Wildman–Crippen LogP) is 1.85. The normalized spacial score (nSPS) is 16.5. The Morgan fingerprint density at radius 2 is 2.19 bits per heavy atom. The maximum atomic E-state index is 12.4. The van der Waals surface area contributed by atoms with Crippen molar-refractivity contribution in [3.05, 3.63) is 29.6 Å². The lowest BCUT2D eigenvalue weighted by Crippen LogP contribution is -2.40. The van der Waals surface area contributed by atoms with E-state index in [4.69, 9.17) is 9.84 Å². The van der Waals surface area contributed by atoms with Crippen molar-refractivity contribution in [2.75, 3.05) is 19.7 Å². The molecule has 1 N–H and O–H groups in total. The van der Waals surface area contributed by atoms with Gasteiger partial charge in [-0.15, -0.1) is 0 Å². The summed E-state index contributed by atoms with van der Waals surface area (Å²) in [6.07, 6.45) is 3.77. The number of carbonyl (C=O) groups excluding carboxylic acids is 1. The molecular formula is C16H24N2O3. The first-order chi connectivity index (χ1) is 10.1. The van der Waals surface area contributed by atoms with Gasteiger partial charge in [0.2, 0.25) is 0 Å². The number of hydrogen-bond donors (Lipinski definition) is 1. The average Bonchev–Trinajstić information content (AvgIpc) is 2.52. The Bertz CT molecular complexity index is 468. The van der Waals surface area contributed by atoms with Crippen molar-refractivity contribution >= 4 is 5.91 Å². The Morgan fingerprint density at radius 1 is 1.48 bits per heavy atom. The number of aliphatic hydroxyl groups excluding tert-OH is 1. The van der Waals surface area contributed by atoms with Crippen LogP contribution in [0.4, 0.5) is 0 Å². The molecule has 0 atom stereocenters. The topological polar surface area (TPSA) is 62.7 Å². The van der Waals surface area contributed by atoms with E-state index in [0.717, 1.165) is 32.5 Å². The van der Waals surface area contributed by atoms with E-state index in [-0.39, 0.29) is 18.6 Å². The minimum Gasteiger partial charge on any atom is -0.392 e. The Hall–Kier alpha value is -1.46. The van der Waals surface area contributed by atoms with Gasteiger partial charge in [0, 0.05) is 25.9 Å². The summed E-state index contributed by atoms with van der Waals surface area (Å²) in [7, 11) is 0. The van der Waals surface area contributed by atoms with Gasteiger partial charge in [0.15, 0.2) is 0 Å². The number of rotatable bonds is 5. The molecule has 0 radical (unpaired) electrons. The summed E-state index contributed by atoms with van der Waals surface area (Å²) in [5.74, 6) is 0.488. The van der Waals surface area contributed by atoms with E-state index in [1.807, 2.05) is 18.7 Å². The number of hydrogen-bond acceptors (Lipinski definition) is 4. The van der Waals surface area contributed by atoms with Crippen LogP contribution in [0.25, 0.3) is 0 Å². The fraction of sp³-hybridized carbons (Fsp3) is 0.625. The number of pyridine rings is 1. The zero-order valence-electron chi connectivity index (χ0n) is 12.8. The van der Waals surface area contributed by atoms with Gasteiger partial charge in [-0.05, 0) is 50.3 Å². The molecule has 0 aromatic carbocycles. The third kappa shape index (κ3) is 4.51. The van der Waals surface area contributed by atoms with E-state index < -0.39 is 0 Å². The second-order valence-corrected chi connectivity index (χ2v) is 5.83. The van der Waals surface area contributed by atoms with E-state index in [0.29, 0.717) is 17.2 Å². The van der Waals surface area contributed by atoms with Crippen LogP contribution in [0.15, 0.2) is 18.3 Å². The van der Waals surface area contributed by atoms with E-state index >= 15 is 0 Å². The molecule has 1 aromatic rings. The highest BCUT2D eigenvalue weighted by Crippen LogP contribution is 2.19. The monoisotopic (exact) mass is 292 g/mol. The zero-order valence-corrected chi connectivity index (χ0v) is 12.8. The smallest absolute Gasteiger partial charge is 0.272 e. The largest absolute Gasteiger partial charge is 0.392 e. The van der Waals surface area contributed by atoms with Gasteiger partial charge in [-0.25, -0.2) is 0 Å². The molecular weight excluding hydrogens is 268 g/mol. The number of nitrogens with zero attached hydrogens (tertiary/aromatic N) is 2. The Morgan fingerprint density at radius 3 is 2.81 bits per heavy atom. The van der Waals surface area contributed by atoms with Crippen molar-refractivity contribution in [3.8, 4) is 0 Å². The van der Waals surface area contributed by atoms with Crippen molar-refractivity contribution in [1.29, 1.82) is 0 Å². The molecule has 0 spiro atoms. The molecule has 0 aliphatic carbocycles. The minimum absolute atomic E-state index is 0.0477. The summed E-state index contributed by atoms with van der Waals surface area (Å²) in [6, 6.07) is 3.38. The highest BCUT2D eigenvalue weighted by molar-refractivity contribution is 5.92. The van der Waals surface area contributed by atoms with Gasteiger partial charge in [-0.2, -0.15) is 0 Å². The van der Waals surface area contributed by atoms with E-state index in [1.165, 1.54) is 0 Å². The van der Waals surface area contributed by atoms with Crippen LogP contribution in [-0.4, -0.2) is 46.7 Å². The summed E-state index contributed by atoms with van der Waals surface area (Å²) in [5, 5.41) is 9.13. The summed E-state index contributed by atoms with van der Waals surface area (Å²) in [4.78, 5) is 18.3. The molecule has 5 heteroatoms. The molecule has 116 valence electrons. The lowest BCUT2D eigenvalue weighted by Gasteiger charge is -2.32. The number of piperidine rings is 1. The molecule has 0 unspecified atom stereocenters. The summed E-state index contributed by atoms with van der Waals surface area (Å²) in [5.41, 5.74) is 1.13. The molecule has 1 fully saturated rings. The van der Waals surface area contributed by atoms with Gasteiger partial charge in [-0.1, -0.05) is 0 Å². The molecule has 21 heavy (non-hydrogen) atoms. The van der Waals surface area contributed by atoms with Crippen LogP contribution in [0, 0.1) is 5.92 Å². The van der Waals surface area contributed by atoms with Crippen LogP contribution >= 0.6 is 0 Å². The standard InChI is InChI=1S/C16H24N2O3/c1-12(2)21-11-13-4-7-18(8-5-13)16(20)15-9-14(10-19)3-6-17-15/h3,6,9,12-13,19H,4-5,7-8,10-11H2,1-2H3. The van der Waals surface area contributed by atoms with Crippen LogP contribution in [0.1, 0.15) is 42.7 Å². The molecule has 0 bridgehead atoms. The van der Waals surface area contributed by atoms with Gasteiger partial charge in [-0.3, -0.25) is 9.78 Å². The molecule has 2 rings (SSSR count). The second-order valence-electron chi connectivity index (χ2n) is 5.83. The van der Waals surface area contributed by atoms with Crippen molar-refractivity contribution in [1.82, 2.24) is 9.88 Å². The van der Waals surface area contributed by atoms with Crippen LogP contribution in [0.3, 0.4) is 0 Å². The minimum atomic E-state index is -0.0720. The summed E-state index contributed by atoms with van der Waals surface area (Å²) >= 11 is 0. The fourth-order valence-electron chi connectivity index (χ4n) is 2.48. The summed E-state index contributed by atoms with van der Waals surface area (Å²) < 4.78 is 5.65. The summed E-state index contributed by atoms with van der Waals surface area (Å²) in [6.45, 7) is 6.28. The van der Waals surface area contributed by atoms with Crippen molar-refractivity contribution in [3.63, 3.8) is 0 Å². The first kappa shape index (κ1) is 15.9. The Labute approximate surface area is 125 Å². The molecule has 1 amide bonds. The second kappa shape index (κ2) is 7.52. The SMILES string of the molecule is CC(C)OCC1CCN(C(=O)c2cc(CO)ccn2)CC1. The first-order valence-corrected chi connectivity index (χ1v) is 7.56. The Kier molecular flexibility index (Phi) is 5.70. The fourth-order valence-corrected chi connectivity index (χ4v) is 2.48. The van der Waals surface area contributed by atoms with Crippen molar-refractivity contribution in [2.45, 2.75) is 39.4 Å². The molecule has 0 saturated carbocycles. The van der Waals surface area contributed by atoms with E-state index in [9.17, 15) is 4.79 Å². The number of likely N-dealkylation sites (tertiary alicyclic amines) is 1. The third-order valence-corrected chi connectivity index (χ3v) is 3.79. The van der Waals surface area contributed by atoms with Gasteiger partial charge in [0.05, 0.1) is 12.7 Å². The first-order valence-electron chi connectivity index (χ1n) is 7.56. The average molecular weight is 292 g/mol. The van der Waals surface area contributed by atoms with Gasteiger partial charge in [0.25, 0.3) is 5.91 Å². The van der Waals surface area contributed by atoms with E-state index in [2.05, 4.69) is 4.98 Å².